The molecule has 0 N–H and O–H groups in total. The zero-order valence-electron chi connectivity index (χ0n) is 15.6. The van der Waals surface area contributed by atoms with E-state index in [4.69, 9.17) is 0 Å². The molecular weight excluding hydrogens is 324 g/mol. The van der Waals surface area contributed by atoms with Crippen LogP contribution in [0.1, 0.15) is 50.5 Å². The van der Waals surface area contributed by atoms with Crippen LogP contribution in [0.25, 0.3) is 0 Å². The van der Waals surface area contributed by atoms with Crippen LogP contribution in [0.5, 0.6) is 0 Å². The van der Waals surface area contributed by atoms with Gasteiger partial charge in [-0.05, 0) is 43.6 Å². The van der Waals surface area contributed by atoms with E-state index in [1.54, 1.807) is 0 Å². The summed E-state index contributed by atoms with van der Waals surface area (Å²) in [6, 6.07) is 10.7. The quantitative estimate of drug-likeness (QED) is 0.833. The topological polar surface area (TPSA) is 40.6 Å². The second kappa shape index (κ2) is 7.81. The fourth-order valence-electron chi connectivity index (χ4n) is 5.20. The molecule has 2 heterocycles. The van der Waals surface area contributed by atoms with Crippen LogP contribution < -0.4 is 0 Å². The van der Waals surface area contributed by atoms with Gasteiger partial charge in [0.2, 0.25) is 11.8 Å². The highest BCUT2D eigenvalue weighted by atomic mass is 16.2. The van der Waals surface area contributed by atoms with Gasteiger partial charge < -0.3 is 9.80 Å². The van der Waals surface area contributed by atoms with Gasteiger partial charge in [0, 0.05) is 32.1 Å². The van der Waals surface area contributed by atoms with Crippen LogP contribution in [0.2, 0.25) is 0 Å². The Morgan fingerprint density at radius 3 is 2.65 bits per heavy atom. The van der Waals surface area contributed by atoms with Crippen LogP contribution in [0.15, 0.2) is 30.3 Å². The Balaban J connectivity index is 1.36. The van der Waals surface area contributed by atoms with Gasteiger partial charge in [0.15, 0.2) is 0 Å². The zero-order valence-corrected chi connectivity index (χ0v) is 15.6. The number of nitrogens with zero attached hydrogens (tertiary/aromatic N) is 2. The van der Waals surface area contributed by atoms with Crippen molar-refractivity contribution in [3.63, 3.8) is 0 Å². The highest BCUT2D eigenvalue weighted by Gasteiger charge is 2.41. The lowest BCUT2D eigenvalue weighted by Gasteiger charge is -2.45. The Morgan fingerprint density at radius 1 is 1.04 bits per heavy atom. The van der Waals surface area contributed by atoms with Crippen LogP contribution in [0.3, 0.4) is 0 Å². The average molecular weight is 354 g/mol. The van der Waals surface area contributed by atoms with Crippen LogP contribution in [-0.2, 0) is 16.0 Å². The molecule has 3 atom stereocenters. The molecule has 0 radical (unpaired) electrons. The van der Waals surface area contributed by atoms with Crippen LogP contribution in [-0.4, -0.2) is 47.3 Å². The summed E-state index contributed by atoms with van der Waals surface area (Å²) >= 11 is 0. The summed E-state index contributed by atoms with van der Waals surface area (Å²) in [5.74, 6) is 0.973. The van der Waals surface area contributed by atoms with E-state index in [2.05, 4.69) is 17.0 Å². The lowest BCUT2D eigenvalue weighted by atomic mass is 9.78. The van der Waals surface area contributed by atoms with Gasteiger partial charge in [-0.25, -0.2) is 0 Å². The lowest BCUT2D eigenvalue weighted by Crippen LogP contribution is -2.51. The first kappa shape index (κ1) is 17.6. The summed E-state index contributed by atoms with van der Waals surface area (Å²) in [7, 11) is 0. The Kier molecular flexibility index (Phi) is 5.28. The van der Waals surface area contributed by atoms with Crippen molar-refractivity contribution in [3.05, 3.63) is 35.9 Å². The third-order valence-corrected chi connectivity index (χ3v) is 6.60. The van der Waals surface area contributed by atoms with Crippen molar-refractivity contribution < 1.29 is 9.59 Å². The SMILES string of the molecule is O=C1CC(C(=O)N2CCCC3CCCCC32)CN1CCc1ccccc1. The first-order valence-electron chi connectivity index (χ1n) is 10.3. The highest BCUT2D eigenvalue weighted by Crippen LogP contribution is 2.36. The van der Waals surface area contributed by atoms with E-state index in [9.17, 15) is 9.59 Å². The summed E-state index contributed by atoms with van der Waals surface area (Å²) in [5.41, 5.74) is 1.25. The summed E-state index contributed by atoms with van der Waals surface area (Å²) in [4.78, 5) is 29.7. The molecule has 0 bridgehead atoms. The minimum Gasteiger partial charge on any atom is -0.342 e. The van der Waals surface area contributed by atoms with E-state index >= 15 is 0 Å². The summed E-state index contributed by atoms with van der Waals surface area (Å²) in [6.07, 6.45) is 8.68. The second-order valence-electron chi connectivity index (χ2n) is 8.26. The number of hydrogen-bond donors (Lipinski definition) is 0. The zero-order chi connectivity index (χ0) is 17.9. The molecule has 140 valence electrons. The fraction of sp³-hybridized carbons (Fsp3) is 0.636. The maximum Gasteiger partial charge on any atom is 0.228 e. The standard InChI is InChI=1S/C22H30N2O2/c25-21-15-19(16-23(21)14-12-17-7-2-1-3-8-17)22(26)24-13-6-10-18-9-4-5-11-20(18)24/h1-3,7-8,18-20H,4-6,9-16H2. The molecule has 2 aliphatic heterocycles. The maximum atomic E-state index is 13.2. The molecule has 3 fully saturated rings. The van der Waals surface area contributed by atoms with E-state index in [0.29, 0.717) is 24.9 Å². The number of rotatable bonds is 4. The lowest BCUT2D eigenvalue weighted by molar-refractivity contribution is -0.142. The van der Waals surface area contributed by atoms with Crippen LogP contribution in [0, 0.1) is 11.8 Å². The van der Waals surface area contributed by atoms with Crippen LogP contribution >= 0.6 is 0 Å². The summed E-state index contributed by atoms with van der Waals surface area (Å²) in [5, 5.41) is 0. The van der Waals surface area contributed by atoms with Gasteiger partial charge in [-0.2, -0.15) is 0 Å². The van der Waals surface area contributed by atoms with Crippen molar-refractivity contribution in [2.75, 3.05) is 19.6 Å². The molecule has 1 aliphatic carbocycles. The third-order valence-electron chi connectivity index (χ3n) is 6.60. The smallest absolute Gasteiger partial charge is 0.228 e. The third kappa shape index (κ3) is 3.65. The summed E-state index contributed by atoms with van der Waals surface area (Å²) < 4.78 is 0. The van der Waals surface area contributed by atoms with Gasteiger partial charge >= 0.3 is 0 Å². The number of amides is 2. The predicted molar refractivity (Wildman–Crippen MR) is 102 cm³/mol. The van der Waals surface area contributed by atoms with E-state index in [1.165, 1.54) is 31.2 Å². The molecule has 0 aromatic heterocycles. The normalized spacial score (nSPS) is 28.9. The molecule has 4 nitrogen and oxygen atoms in total. The van der Waals surface area contributed by atoms with E-state index < -0.39 is 0 Å². The second-order valence-corrected chi connectivity index (χ2v) is 8.26. The minimum absolute atomic E-state index is 0.126. The molecule has 3 unspecified atom stereocenters. The highest BCUT2D eigenvalue weighted by molar-refractivity contribution is 5.89. The van der Waals surface area contributed by atoms with E-state index in [1.807, 2.05) is 23.1 Å². The Labute approximate surface area is 156 Å². The molecule has 2 saturated heterocycles. The fourth-order valence-corrected chi connectivity index (χ4v) is 5.20. The minimum atomic E-state index is -0.126. The van der Waals surface area contributed by atoms with Crippen molar-refractivity contribution in [1.29, 1.82) is 0 Å². The van der Waals surface area contributed by atoms with Gasteiger partial charge in [0.1, 0.15) is 0 Å². The first-order chi connectivity index (χ1) is 12.7. The number of piperidine rings is 1. The number of benzene rings is 1. The van der Waals surface area contributed by atoms with Crippen molar-refractivity contribution in [1.82, 2.24) is 9.80 Å². The van der Waals surface area contributed by atoms with Gasteiger partial charge in [-0.3, -0.25) is 9.59 Å². The van der Waals surface area contributed by atoms with Crippen LogP contribution in [0.4, 0.5) is 0 Å². The van der Waals surface area contributed by atoms with E-state index in [-0.39, 0.29) is 17.7 Å². The molecule has 0 spiro atoms. The molecule has 3 aliphatic rings. The number of carbonyl (C=O) groups is 2. The summed E-state index contributed by atoms with van der Waals surface area (Å²) in [6.45, 7) is 2.23. The van der Waals surface area contributed by atoms with Crippen molar-refractivity contribution in [3.8, 4) is 0 Å². The van der Waals surface area contributed by atoms with Crippen molar-refractivity contribution in [2.45, 2.75) is 57.4 Å². The molecule has 1 aromatic rings. The molecule has 1 saturated carbocycles. The largest absolute Gasteiger partial charge is 0.342 e. The van der Waals surface area contributed by atoms with Gasteiger partial charge in [0.05, 0.1) is 5.92 Å². The van der Waals surface area contributed by atoms with Crippen molar-refractivity contribution in [2.24, 2.45) is 11.8 Å². The Bertz CT molecular complexity index is 643. The van der Waals surface area contributed by atoms with E-state index in [0.717, 1.165) is 32.4 Å². The number of carbonyl (C=O) groups excluding carboxylic acids is 2. The molecule has 26 heavy (non-hydrogen) atoms. The van der Waals surface area contributed by atoms with Gasteiger partial charge in [-0.1, -0.05) is 43.2 Å². The number of likely N-dealkylation sites (tertiary alicyclic amines) is 2. The monoisotopic (exact) mass is 354 g/mol. The maximum absolute atomic E-state index is 13.2. The molecule has 4 rings (SSSR count). The van der Waals surface area contributed by atoms with Gasteiger partial charge in [-0.15, -0.1) is 0 Å². The number of fused-ring (bicyclic) bond motifs is 1. The predicted octanol–water partition coefficient (Wildman–Crippen LogP) is 3.26. The molecule has 2 amide bonds. The molecule has 4 heteroatoms. The molecular formula is C22H30N2O2. The molecule has 1 aromatic carbocycles. The Morgan fingerprint density at radius 2 is 1.81 bits per heavy atom. The average Bonchev–Trinajstić information content (AvgIpc) is 3.07. The first-order valence-corrected chi connectivity index (χ1v) is 10.3. The Hall–Kier alpha value is -1.84. The number of hydrogen-bond acceptors (Lipinski definition) is 2. The van der Waals surface area contributed by atoms with Gasteiger partial charge in [0.25, 0.3) is 0 Å². The van der Waals surface area contributed by atoms with Crippen molar-refractivity contribution >= 4 is 11.8 Å².